The number of hydrogen-bond donors (Lipinski definition) is 2. The number of nitrogens with one attached hydrogen (secondary N) is 2. The molecule has 1 aliphatic carbocycles. The highest BCUT2D eigenvalue weighted by molar-refractivity contribution is 5.31. The quantitative estimate of drug-likeness (QED) is 0.673. The van der Waals surface area contributed by atoms with E-state index < -0.39 is 0 Å². The predicted octanol–water partition coefficient (Wildman–Crippen LogP) is 0.608. The van der Waals surface area contributed by atoms with Gasteiger partial charge in [-0.05, 0) is 18.8 Å². The fraction of sp³-hybridized carbons (Fsp3) is 0.600. The van der Waals surface area contributed by atoms with E-state index >= 15 is 0 Å². The third kappa shape index (κ3) is 3.71. The molecule has 1 aromatic heterocycles. The Bertz CT molecular complexity index is 360. The lowest BCUT2D eigenvalue weighted by atomic mass is 10.5. The van der Waals surface area contributed by atoms with Crippen LogP contribution in [-0.4, -0.2) is 29.7 Å². The minimum Gasteiger partial charge on any atom is -0.379 e. The molecule has 0 bridgehead atoms. The summed E-state index contributed by atoms with van der Waals surface area (Å²) < 4.78 is 5.43. The molecular formula is C10H15N3O2. The number of anilines is 1. The van der Waals surface area contributed by atoms with Gasteiger partial charge in [-0.3, -0.25) is 4.79 Å². The fourth-order valence-corrected chi connectivity index (χ4v) is 1.25. The number of H-pyrrole nitrogens is 1. The van der Waals surface area contributed by atoms with Crippen LogP contribution >= 0.6 is 0 Å². The summed E-state index contributed by atoms with van der Waals surface area (Å²) in [5.74, 6) is 1.39. The minimum absolute atomic E-state index is 0.147. The van der Waals surface area contributed by atoms with Crippen molar-refractivity contribution in [3.8, 4) is 0 Å². The van der Waals surface area contributed by atoms with Gasteiger partial charge >= 0.3 is 0 Å². The van der Waals surface area contributed by atoms with E-state index in [1.54, 1.807) is 0 Å². The first-order chi connectivity index (χ1) is 7.34. The maximum absolute atomic E-state index is 10.9. The second kappa shape index (κ2) is 4.93. The molecule has 82 valence electrons. The van der Waals surface area contributed by atoms with Crippen molar-refractivity contribution in [2.45, 2.75) is 12.8 Å². The maximum atomic E-state index is 10.9. The van der Waals surface area contributed by atoms with Crippen molar-refractivity contribution < 1.29 is 4.74 Å². The van der Waals surface area contributed by atoms with Crippen molar-refractivity contribution in [3.05, 3.63) is 22.7 Å². The number of aromatic amines is 1. The van der Waals surface area contributed by atoms with Gasteiger partial charge in [-0.2, -0.15) is 0 Å². The molecule has 15 heavy (non-hydrogen) atoms. The highest BCUT2D eigenvalue weighted by Crippen LogP contribution is 2.28. The Morgan fingerprint density at radius 2 is 2.47 bits per heavy atom. The number of nitrogens with zero attached hydrogens (tertiary/aromatic N) is 1. The molecule has 1 saturated carbocycles. The van der Waals surface area contributed by atoms with Crippen LogP contribution in [0, 0.1) is 5.92 Å². The van der Waals surface area contributed by atoms with Crippen LogP contribution in [0.4, 0.5) is 5.82 Å². The van der Waals surface area contributed by atoms with Crippen molar-refractivity contribution in [2.75, 3.05) is 25.1 Å². The van der Waals surface area contributed by atoms with Gasteiger partial charge in [0.25, 0.3) is 5.56 Å². The number of hydrogen-bond acceptors (Lipinski definition) is 4. The molecule has 0 aliphatic heterocycles. The Kier molecular flexibility index (Phi) is 3.34. The SMILES string of the molecule is O=c1cc(NCCOCC2CC2)nc[nH]1. The molecule has 0 unspecified atom stereocenters. The van der Waals surface area contributed by atoms with Crippen molar-refractivity contribution >= 4 is 5.82 Å². The Morgan fingerprint density at radius 1 is 1.60 bits per heavy atom. The number of aromatic nitrogens is 2. The van der Waals surface area contributed by atoms with E-state index in [1.165, 1.54) is 25.2 Å². The lowest BCUT2D eigenvalue weighted by Crippen LogP contribution is -2.14. The molecule has 5 heteroatoms. The Hall–Kier alpha value is -1.36. The zero-order chi connectivity index (χ0) is 10.5. The highest BCUT2D eigenvalue weighted by atomic mass is 16.5. The summed E-state index contributed by atoms with van der Waals surface area (Å²) in [5.41, 5.74) is -0.147. The topological polar surface area (TPSA) is 67.0 Å². The van der Waals surface area contributed by atoms with Crippen LogP contribution in [-0.2, 0) is 4.74 Å². The molecule has 0 aromatic carbocycles. The van der Waals surface area contributed by atoms with Gasteiger partial charge in [0.2, 0.25) is 0 Å². The van der Waals surface area contributed by atoms with E-state index in [0.717, 1.165) is 12.5 Å². The van der Waals surface area contributed by atoms with Crippen molar-refractivity contribution in [2.24, 2.45) is 5.92 Å². The Morgan fingerprint density at radius 3 is 3.20 bits per heavy atom. The molecule has 2 N–H and O–H groups in total. The molecule has 1 fully saturated rings. The van der Waals surface area contributed by atoms with Crippen molar-refractivity contribution in [1.29, 1.82) is 0 Å². The summed E-state index contributed by atoms with van der Waals surface area (Å²) in [4.78, 5) is 17.3. The van der Waals surface area contributed by atoms with Crippen LogP contribution in [0.2, 0.25) is 0 Å². The Balaban J connectivity index is 1.62. The first-order valence-corrected chi connectivity index (χ1v) is 5.21. The van der Waals surface area contributed by atoms with E-state index in [4.69, 9.17) is 4.74 Å². The predicted molar refractivity (Wildman–Crippen MR) is 56.9 cm³/mol. The summed E-state index contributed by atoms with van der Waals surface area (Å²) in [6.07, 6.45) is 4.00. The van der Waals surface area contributed by atoms with Gasteiger partial charge in [0.05, 0.1) is 12.9 Å². The largest absolute Gasteiger partial charge is 0.379 e. The molecular weight excluding hydrogens is 194 g/mol. The summed E-state index contributed by atoms with van der Waals surface area (Å²) in [6.45, 7) is 2.21. The lowest BCUT2D eigenvalue weighted by Gasteiger charge is -2.05. The van der Waals surface area contributed by atoms with Crippen molar-refractivity contribution in [1.82, 2.24) is 9.97 Å². The van der Waals surface area contributed by atoms with Crippen LogP contribution in [0.15, 0.2) is 17.2 Å². The molecule has 0 radical (unpaired) electrons. The zero-order valence-corrected chi connectivity index (χ0v) is 8.53. The molecule has 1 heterocycles. The maximum Gasteiger partial charge on any atom is 0.252 e. The molecule has 5 nitrogen and oxygen atoms in total. The second-order valence-electron chi connectivity index (χ2n) is 3.74. The van der Waals surface area contributed by atoms with E-state index in [0.29, 0.717) is 19.0 Å². The molecule has 0 saturated heterocycles. The van der Waals surface area contributed by atoms with Gasteiger partial charge in [-0.1, -0.05) is 0 Å². The van der Waals surface area contributed by atoms with Crippen LogP contribution in [0.3, 0.4) is 0 Å². The van der Waals surface area contributed by atoms with E-state index in [-0.39, 0.29) is 5.56 Å². The molecule has 0 atom stereocenters. The summed E-state index contributed by atoms with van der Waals surface area (Å²) in [7, 11) is 0. The van der Waals surface area contributed by atoms with Gasteiger partial charge in [-0.25, -0.2) is 4.98 Å². The molecule has 1 aliphatic rings. The van der Waals surface area contributed by atoms with Gasteiger partial charge in [0.1, 0.15) is 5.82 Å². The van der Waals surface area contributed by atoms with Gasteiger partial charge < -0.3 is 15.0 Å². The molecule has 2 rings (SSSR count). The van der Waals surface area contributed by atoms with Crippen molar-refractivity contribution in [3.63, 3.8) is 0 Å². The first-order valence-electron chi connectivity index (χ1n) is 5.21. The summed E-state index contributed by atoms with van der Waals surface area (Å²) >= 11 is 0. The van der Waals surface area contributed by atoms with Crippen LogP contribution in [0.25, 0.3) is 0 Å². The lowest BCUT2D eigenvalue weighted by molar-refractivity contribution is 0.134. The summed E-state index contributed by atoms with van der Waals surface area (Å²) in [6, 6.07) is 1.43. The average Bonchev–Trinajstić information content (AvgIpc) is 3.01. The van der Waals surface area contributed by atoms with Crippen LogP contribution < -0.4 is 10.9 Å². The third-order valence-corrected chi connectivity index (χ3v) is 2.28. The molecule has 0 spiro atoms. The zero-order valence-electron chi connectivity index (χ0n) is 8.53. The van der Waals surface area contributed by atoms with E-state index in [1.807, 2.05) is 0 Å². The average molecular weight is 209 g/mol. The molecule has 0 amide bonds. The first kappa shape index (κ1) is 10.2. The standard InChI is InChI=1S/C10H15N3O2/c14-10-5-9(12-7-13-10)11-3-4-15-6-8-1-2-8/h5,7-8H,1-4,6H2,(H2,11,12,13,14). The Labute approximate surface area is 87.9 Å². The monoisotopic (exact) mass is 209 g/mol. The second-order valence-corrected chi connectivity index (χ2v) is 3.74. The number of rotatable bonds is 6. The fourth-order valence-electron chi connectivity index (χ4n) is 1.25. The highest BCUT2D eigenvalue weighted by Gasteiger charge is 2.20. The van der Waals surface area contributed by atoms with Gasteiger partial charge in [0, 0.05) is 19.2 Å². The minimum atomic E-state index is -0.147. The van der Waals surface area contributed by atoms with Crippen LogP contribution in [0.5, 0.6) is 0 Å². The van der Waals surface area contributed by atoms with E-state index in [2.05, 4.69) is 15.3 Å². The van der Waals surface area contributed by atoms with Gasteiger partial charge in [-0.15, -0.1) is 0 Å². The summed E-state index contributed by atoms with van der Waals surface area (Å²) in [5, 5.41) is 3.02. The van der Waals surface area contributed by atoms with E-state index in [9.17, 15) is 4.79 Å². The number of ether oxygens (including phenoxy) is 1. The smallest absolute Gasteiger partial charge is 0.252 e. The third-order valence-electron chi connectivity index (χ3n) is 2.28. The normalized spacial score (nSPS) is 15.2. The molecule has 1 aromatic rings. The van der Waals surface area contributed by atoms with Crippen LogP contribution in [0.1, 0.15) is 12.8 Å². The van der Waals surface area contributed by atoms with Gasteiger partial charge in [0.15, 0.2) is 0 Å².